The highest BCUT2D eigenvalue weighted by molar-refractivity contribution is 7.80. The van der Waals surface area contributed by atoms with Gasteiger partial charge in [0.1, 0.15) is 0 Å². The SMILES string of the molecule is CCOc1cc(NC(N)=S)c(C(=O)O)cc1OCC. The number of thiocarbonyl (C=S) groups is 1. The second-order valence-electron chi connectivity index (χ2n) is 3.50. The van der Waals surface area contributed by atoms with Gasteiger partial charge in [0.15, 0.2) is 16.6 Å². The number of carboxylic acids is 1. The van der Waals surface area contributed by atoms with Crippen LogP contribution in [-0.2, 0) is 0 Å². The summed E-state index contributed by atoms with van der Waals surface area (Å²) < 4.78 is 10.8. The molecule has 0 radical (unpaired) electrons. The van der Waals surface area contributed by atoms with Crippen LogP contribution < -0.4 is 20.5 Å². The van der Waals surface area contributed by atoms with Gasteiger partial charge < -0.3 is 25.6 Å². The maximum atomic E-state index is 11.2. The number of rotatable bonds is 6. The van der Waals surface area contributed by atoms with Gasteiger partial charge in [0.2, 0.25) is 0 Å². The zero-order chi connectivity index (χ0) is 14.4. The molecule has 19 heavy (non-hydrogen) atoms. The molecule has 0 aliphatic carbocycles. The number of carbonyl (C=O) groups is 1. The summed E-state index contributed by atoms with van der Waals surface area (Å²) >= 11 is 4.72. The molecule has 0 aliphatic heterocycles. The molecule has 0 spiro atoms. The monoisotopic (exact) mass is 284 g/mol. The van der Waals surface area contributed by atoms with Gasteiger partial charge in [0.25, 0.3) is 0 Å². The normalized spacial score (nSPS) is 9.79. The Morgan fingerprint density at radius 3 is 2.26 bits per heavy atom. The first-order chi connectivity index (χ1) is 8.99. The molecule has 0 aliphatic rings. The molecule has 0 heterocycles. The van der Waals surface area contributed by atoms with E-state index in [9.17, 15) is 9.90 Å². The molecule has 0 unspecified atom stereocenters. The van der Waals surface area contributed by atoms with E-state index in [4.69, 9.17) is 27.4 Å². The molecule has 4 N–H and O–H groups in total. The van der Waals surface area contributed by atoms with Gasteiger partial charge in [-0.1, -0.05) is 0 Å². The van der Waals surface area contributed by atoms with Crippen LogP contribution in [0, 0.1) is 0 Å². The molecule has 0 amide bonds. The average molecular weight is 284 g/mol. The Hall–Kier alpha value is -2.02. The molecule has 0 atom stereocenters. The predicted molar refractivity (Wildman–Crippen MR) is 76.1 cm³/mol. The minimum absolute atomic E-state index is 0.0136. The number of ether oxygens (including phenoxy) is 2. The van der Waals surface area contributed by atoms with Gasteiger partial charge in [-0.05, 0) is 26.1 Å². The first-order valence-electron chi connectivity index (χ1n) is 5.73. The van der Waals surface area contributed by atoms with E-state index in [1.807, 2.05) is 6.92 Å². The molecular weight excluding hydrogens is 268 g/mol. The molecular formula is C12H16N2O4S. The zero-order valence-corrected chi connectivity index (χ0v) is 11.5. The molecule has 104 valence electrons. The van der Waals surface area contributed by atoms with Crippen LogP contribution in [0.1, 0.15) is 24.2 Å². The lowest BCUT2D eigenvalue weighted by Gasteiger charge is -2.15. The van der Waals surface area contributed by atoms with E-state index in [0.29, 0.717) is 24.7 Å². The molecule has 1 aromatic rings. The van der Waals surface area contributed by atoms with Crippen LogP contribution in [0.5, 0.6) is 11.5 Å². The van der Waals surface area contributed by atoms with Crippen molar-refractivity contribution in [1.29, 1.82) is 0 Å². The van der Waals surface area contributed by atoms with Crippen molar-refractivity contribution in [2.75, 3.05) is 18.5 Å². The Morgan fingerprint density at radius 2 is 1.84 bits per heavy atom. The third-order valence-electron chi connectivity index (χ3n) is 2.17. The third-order valence-corrected chi connectivity index (χ3v) is 2.27. The summed E-state index contributed by atoms with van der Waals surface area (Å²) in [6.45, 7) is 4.46. The lowest BCUT2D eigenvalue weighted by Crippen LogP contribution is -2.21. The maximum absolute atomic E-state index is 11.2. The average Bonchev–Trinajstić information content (AvgIpc) is 2.31. The molecule has 0 saturated heterocycles. The van der Waals surface area contributed by atoms with Gasteiger partial charge >= 0.3 is 5.97 Å². The zero-order valence-electron chi connectivity index (χ0n) is 10.7. The summed E-state index contributed by atoms with van der Waals surface area (Å²) in [4.78, 5) is 11.2. The van der Waals surface area contributed by atoms with Crippen molar-refractivity contribution in [2.45, 2.75) is 13.8 Å². The standard InChI is InChI=1S/C12H16N2O4S/c1-3-17-9-5-7(11(15)16)8(14-12(13)19)6-10(9)18-4-2/h5-6H,3-4H2,1-2H3,(H,15,16)(H3,13,14,19). The van der Waals surface area contributed by atoms with Crippen molar-refractivity contribution in [3.05, 3.63) is 17.7 Å². The van der Waals surface area contributed by atoms with Crippen LogP contribution in [0.25, 0.3) is 0 Å². The fourth-order valence-corrected chi connectivity index (χ4v) is 1.62. The van der Waals surface area contributed by atoms with E-state index in [1.54, 1.807) is 6.92 Å². The van der Waals surface area contributed by atoms with Gasteiger partial charge in [-0.25, -0.2) is 4.79 Å². The van der Waals surface area contributed by atoms with E-state index in [0.717, 1.165) is 0 Å². The minimum Gasteiger partial charge on any atom is -0.490 e. The number of aromatic carboxylic acids is 1. The molecule has 0 aromatic heterocycles. The number of hydrogen-bond donors (Lipinski definition) is 3. The first-order valence-corrected chi connectivity index (χ1v) is 6.13. The smallest absolute Gasteiger partial charge is 0.337 e. The molecule has 7 heteroatoms. The molecule has 0 saturated carbocycles. The largest absolute Gasteiger partial charge is 0.490 e. The number of benzene rings is 1. The van der Waals surface area contributed by atoms with Crippen LogP contribution in [0.15, 0.2) is 12.1 Å². The van der Waals surface area contributed by atoms with E-state index in [1.165, 1.54) is 12.1 Å². The number of nitrogens with one attached hydrogen (secondary N) is 1. The molecule has 1 rings (SSSR count). The number of anilines is 1. The summed E-state index contributed by atoms with van der Waals surface area (Å²) in [5.41, 5.74) is 5.65. The summed E-state index contributed by atoms with van der Waals surface area (Å²) in [5, 5.41) is 11.8. The highest BCUT2D eigenvalue weighted by Gasteiger charge is 2.17. The maximum Gasteiger partial charge on any atom is 0.337 e. The van der Waals surface area contributed by atoms with E-state index in [-0.39, 0.29) is 16.4 Å². The number of carboxylic acid groups (broad SMARTS) is 1. The van der Waals surface area contributed by atoms with Gasteiger partial charge in [0.05, 0.1) is 24.5 Å². The van der Waals surface area contributed by atoms with Crippen molar-refractivity contribution in [1.82, 2.24) is 0 Å². The second kappa shape index (κ2) is 6.79. The van der Waals surface area contributed by atoms with Crippen molar-refractivity contribution < 1.29 is 19.4 Å². The van der Waals surface area contributed by atoms with Gasteiger partial charge in [-0.15, -0.1) is 0 Å². The van der Waals surface area contributed by atoms with Gasteiger partial charge in [-0.3, -0.25) is 0 Å². The van der Waals surface area contributed by atoms with Crippen molar-refractivity contribution in [2.24, 2.45) is 5.73 Å². The fourth-order valence-electron chi connectivity index (χ4n) is 1.51. The number of nitrogens with two attached hydrogens (primary N) is 1. The molecule has 0 fully saturated rings. The second-order valence-corrected chi connectivity index (χ2v) is 3.94. The summed E-state index contributed by atoms with van der Waals surface area (Å²) in [6, 6.07) is 2.90. The minimum atomic E-state index is -1.11. The summed E-state index contributed by atoms with van der Waals surface area (Å²) in [6.07, 6.45) is 0. The van der Waals surface area contributed by atoms with Crippen molar-refractivity contribution in [3.8, 4) is 11.5 Å². The molecule has 1 aromatic carbocycles. The Morgan fingerprint density at radius 1 is 1.32 bits per heavy atom. The Labute approximate surface area is 116 Å². The van der Waals surface area contributed by atoms with Crippen LogP contribution in [0.4, 0.5) is 5.69 Å². The highest BCUT2D eigenvalue weighted by Crippen LogP contribution is 2.34. The Bertz CT molecular complexity index is 491. The van der Waals surface area contributed by atoms with Crippen LogP contribution >= 0.6 is 12.2 Å². The van der Waals surface area contributed by atoms with Crippen LogP contribution in [-0.4, -0.2) is 29.4 Å². The fraction of sp³-hybridized carbons (Fsp3) is 0.333. The summed E-state index contributed by atoms with van der Waals surface area (Å²) in [5.74, 6) is -0.300. The lowest BCUT2D eigenvalue weighted by molar-refractivity contribution is 0.0697. The van der Waals surface area contributed by atoms with Crippen LogP contribution in [0.3, 0.4) is 0 Å². The lowest BCUT2D eigenvalue weighted by atomic mass is 10.1. The topological polar surface area (TPSA) is 93.8 Å². The van der Waals surface area contributed by atoms with Gasteiger partial charge in [0, 0.05) is 12.1 Å². The third kappa shape index (κ3) is 3.99. The van der Waals surface area contributed by atoms with Crippen molar-refractivity contribution in [3.63, 3.8) is 0 Å². The van der Waals surface area contributed by atoms with E-state index >= 15 is 0 Å². The first kappa shape index (κ1) is 15.0. The highest BCUT2D eigenvalue weighted by atomic mass is 32.1. The predicted octanol–water partition coefficient (Wildman–Crippen LogP) is 1.84. The summed E-state index contributed by atoms with van der Waals surface area (Å²) in [7, 11) is 0. The molecule has 6 nitrogen and oxygen atoms in total. The Balaban J connectivity index is 3.31. The number of hydrogen-bond acceptors (Lipinski definition) is 4. The van der Waals surface area contributed by atoms with Crippen LogP contribution in [0.2, 0.25) is 0 Å². The van der Waals surface area contributed by atoms with Crippen molar-refractivity contribution >= 4 is 29.0 Å². The quantitative estimate of drug-likeness (QED) is 0.686. The van der Waals surface area contributed by atoms with E-state index in [2.05, 4.69) is 5.32 Å². The molecule has 0 bridgehead atoms. The van der Waals surface area contributed by atoms with E-state index < -0.39 is 5.97 Å². The Kier molecular flexibility index (Phi) is 5.37. The van der Waals surface area contributed by atoms with Gasteiger partial charge in [-0.2, -0.15) is 0 Å².